The Labute approximate surface area is 136 Å². The van der Waals surface area contributed by atoms with E-state index in [2.05, 4.69) is 30.9 Å². The molecule has 4 N–H and O–H groups in total. The molecule has 0 amide bonds. The summed E-state index contributed by atoms with van der Waals surface area (Å²) in [5.74, 6) is 0.150. The van der Waals surface area contributed by atoms with E-state index in [9.17, 15) is 4.79 Å². The normalized spacial score (nSPS) is 11.8. The lowest BCUT2D eigenvalue weighted by Crippen LogP contribution is -2.25. The molecule has 0 bridgehead atoms. The molecule has 0 aliphatic heterocycles. The van der Waals surface area contributed by atoms with Crippen LogP contribution in [-0.2, 0) is 9.53 Å². The third-order valence-electron chi connectivity index (χ3n) is 2.46. The summed E-state index contributed by atoms with van der Waals surface area (Å²) in [5, 5.41) is 7.21. The van der Waals surface area contributed by atoms with Crippen LogP contribution in [0.5, 0.6) is 11.5 Å². The monoisotopic (exact) mass is 372 g/mol. The van der Waals surface area contributed by atoms with Gasteiger partial charge in [-0.3, -0.25) is 0 Å². The Kier molecular flexibility index (Phi) is 6.64. The third-order valence-corrected chi connectivity index (χ3v) is 3.05. The molecule has 0 radical (unpaired) electrons. The third kappa shape index (κ3) is 4.92. The molecule has 9 heteroatoms. The smallest absolute Gasteiger partial charge is 0.346 e. The highest BCUT2D eigenvalue weighted by molar-refractivity contribution is 9.10. The zero-order valence-corrected chi connectivity index (χ0v) is 14.0. The van der Waals surface area contributed by atoms with Gasteiger partial charge in [0.15, 0.2) is 17.6 Å². The van der Waals surface area contributed by atoms with Gasteiger partial charge in [0, 0.05) is 0 Å². The Hall–Kier alpha value is -2.29. The van der Waals surface area contributed by atoms with Gasteiger partial charge in [-0.05, 0) is 40.5 Å². The van der Waals surface area contributed by atoms with Crippen molar-refractivity contribution in [3.05, 3.63) is 22.2 Å². The summed E-state index contributed by atoms with van der Waals surface area (Å²) >= 11 is 3.36. The Balaban J connectivity index is 3.08. The fourth-order valence-electron chi connectivity index (χ4n) is 1.48. The first-order valence-corrected chi connectivity index (χ1v) is 6.92. The average Bonchev–Trinajstić information content (AvgIpc) is 2.48. The molecule has 0 saturated heterocycles. The Bertz CT molecular complexity index is 600. The lowest BCUT2D eigenvalue weighted by atomic mass is 10.2. The molecule has 0 spiro atoms. The minimum Gasteiger partial charge on any atom is -0.493 e. The SMILES string of the molecule is COC(=O)C(C)Oc1c(Br)cc(C=NN=C(N)N)cc1OC. The second-order valence-corrected chi connectivity index (χ2v) is 4.94. The predicted octanol–water partition coefficient (Wildman–Crippen LogP) is 1.01. The van der Waals surface area contributed by atoms with Crippen molar-refractivity contribution >= 4 is 34.1 Å². The number of carbonyl (C=O) groups is 1. The minimum atomic E-state index is -0.781. The van der Waals surface area contributed by atoms with E-state index in [1.54, 1.807) is 19.1 Å². The van der Waals surface area contributed by atoms with Crippen molar-refractivity contribution in [2.45, 2.75) is 13.0 Å². The summed E-state index contributed by atoms with van der Waals surface area (Å²) in [6.45, 7) is 1.58. The van der Waals surface area contributed by atoms with Crippen LogP contribution in [0.2, 0.25) is 0 Å². The van der Waals surface area contributed by atoms with Gasteiger partial charge in [0.25, 0.3) is 0 Å². The summed E-state index contributed by atoms with van der Waals surface area (Å²) in [5.41, 5.74) is 11.0. The number of nitrogens with zero attached hydrogens (tertiary/aromatic N) is 2. The molecule has 0 aliphatic rings. The Morgan fingerprint density at radius 1 is 1.36 bits per heavy atom. The fraction of sp³-hybridized carbons (Fsp3) is 0.308. The van der Waals surface area contributed by atoms with Crippen LogP contribution in [0.4, 0.5) is 0 Å². The fourth-order valence-corrected chi connectivity index (χ4v) is 2.03. The van der Waals surface area contributed by atoms with E-state index in [1.807, 2.05) is 0 Å². The highest BCUT2D eigenvalue weighted by Gasteiger charge is 2.19. The number of carbonyl (C=O) groups excluding carboxylic acids is 1. The Morgan fingerprint density at radius 3 is 2.59 bits per heavy atom. The van der Waals surface area contributed by atoms with Gasteiger partial charge in [-0.15, -0.1) is 5.10 Å². The van der Waals surface area contributed by atoms with E-state index >= 15 is 0 Å². The van der Waals surface area contributed by atoms with Crippen molar-refractivity contribution in [3.8, 4) is 11.5 Å². The topological polar surface area (TPSA) is 122 Å². The first-order chi connectivity index (χ1) is 10.4. The number of hydrogen-bond donors (Lipinski definition) is 2. The van der Waals surface area contributed by atoms with Crippen molar-refractivity contribution in [2.75, 3.05) is 14.2 Å². The van der Waals surface area contributed by atoms with E-state index in [-0.39, 0.29) is 5.96 Å². The van der Waals surface area contributed by atoms with Crippen LogP contribution < -0.4 is 20.9 Å². The molecule has 1 unspecified atom stereocenters. The molecule has 0 saturated carbocycles. The van der Waals surface area contributed by atoms with Crippen molar-refractivity contribution in [3.63, 3.8) is 0 Å². The number of ether oxygens (including phenoxy) is 3. The summed E-state index contributed by atoms with van der Waals surface area (Å²) in [4.78, 5) is 11.4. The number of rotatable bonds is 6. The lowest BCUT2D eigenvalue weighted by Gasteiger charge is -2.17. The second kappa shape index (κ2) is 8.23. The molecule has 0 fully saturated rings. The minimum absolute atomic E-state index is 0.144. The van der Waals surface area contributed by atoms with Crippen LogP contribution in [0.3, 0.4) is 0 Å². The molecule has 1 aromatic carbocycles. The molecule has 0 aliphatic carbocycles. The average molecular weight is 373 g/mol. The number of nitrogens with two attached hydrogens (primary N) is 2. The van der Waals surface area contributed by atoms with Crippen molar-refractivity contribution in [1.82, 2.24) is 0 Å². The van der Waals surface area contributed by atoms with Crippen LogP contribution in [0.1, 0.15) is 12.5 Å². The lowest BCUT2D eigenvalue weighted by molar-refractivity contribution is -0.147. The molecule has 0 heterocycles. The maximum atomic E-state index is 11.4. The summed E-state index contributed by atoms with van der Waals surface area (Å²) in [6.07, 6.45) is 0.664. The standard InChI is InChI=1S/C13H17BrN4O4/c1-7(12(19)21-3)22-11-9(14)4-8(5-10(11)20-2)6-17-18-13(15)16/h4-7H,1-3H3,(H4,15,16,18). The summed E-state index contributed by atoms with van der Waals surface area (Å²) in [6, 6.07) is 3.38. The quantitative estimate of drug-likeness (QED) is 0.332. The number of halogens is 1. The van der Waals surface area contributed by atoms with Crippen LogP contribution in [0.15, 0.2) is 26.8 Å². The number of benzene rings is 1. The molecule has 120 valence electrons. The maximum absolute atomic E-state index is 11.4. The van der Waals surface area contributed by atoms with Gasteiger partial charge in [0.2, 0.25) is 5.96 Å². The second-order valence-electron chi connectivity index (χ2n) is 4.09. The molecular formula is C13H17BrN4O4. The first kappa shape index (κ1) is 17.8. The van der Waals surface area contributed by atoms with Gasteiger partial charge in [-0.1, -0.05) is 0 Å². The highest BCUT2D eigenvalue weighted by Crippen LogP contribution is 2.37. The van der Waals surface area contributed by atoms with E-state index in [4.69, 9.17) is 20.9 Å². The van der Waals surface area contributed by atoms with E-state index in [0.29, 0.717) is 21.5 Å². The predicted molar refractivity (Wildman–Crippen MR) is 86.2 cm³/mol. The molecular weight excluding hydrogens is 356 g/mol. The van der Waals surface area contributed by atoms with Gasteiger partial charge in [-0.25, -0.2) is 4.79 Å². The van der Waals surface area contributed by atoms with Crippen molar-refractivity contribution < 1.29 is 19.0 Å². The van der Waals surface area contributed by atoms with Crippen LogP contribution in [0.25, 0.3) is 0 Å². The summed E-state index contributed by atoms with van der Waals surface area (Å²) < 4.78 is 16.0. The molecule has 0 aromatic heterocycles. The van der Waals surface area contributed by atoms with Gasteiger partial charge in [-0.2, -0.15) is 5.10 Å². The number of esters is 1. The molecule has 1 aromatic rings. The van der Waals surface area contributed by atoms with E-state index < -0.39 is 12.1 Å². The van der Waals surface area contributed by atoms with Crippen molar-refractivity contribution in [1.29, 1.82) is 0 Å². The maximum Gasteiger partial charge on any atom is 0.346 e. The molecule has 1 atom stereocenters. The molecule has 8 nitrogen and oxygen atoms in total. The van der Waals surface area contributed by atoms with Gasteiger partial charge in [0.1, 0.15) is 0 Å². The van der Waals surface area contributed by atoms with Crippen LogP contribution >= 0.6 is 15.9 Å². The van der Waals surface area contributed by atoms with Crippen LogP contribution in [-0.4, -0.2) is 38.5 Å². The van der Waals surface area contributed by atoms with E-state index in [0.717, 1.165) is 0 Å². The van der Waals surface area contributed by atoms with Gasteiger partial charge >= 0.3 is 5.97 Å². The van der Waals surface area contributed by atoms with E-state index in [1.165, 1.54) is 20.4 Å². The largest absolute Gasteiger partial charge is 0.493 e. The summed E-state index contributed by atoms with van der Waals surface area (Å²) in [7, 11) is 2.77. The Morgan fingerprint density at radius 2 is 2.05 bits per heavy atom. The van der Waals surface area contributed by atoms with Gasteiger partial charge < -0.3 is 25.7 Å². The van der Waals surface area contributed by atoms with Crippen molar-refractivity contribution in [2.24, 2.45) is 21.7 Å². The number of hydrogen-bond acceptors (Lipinski definition) is 6. The highest BCUT2D eigenvalue weighted by atomic mass is 79.9. The van der Waals surface area contributed by atoms with Crippen LogP contribution in [0, 0.1) is 0 Å². The zero-order valence-electron chi connectivity index (χ0n) is 12.4. The van der Waals surface area contributed by atoms with Gasteiger partial charge in [0.05, 0.1) is 24.9 Å². The molecule has 1 rings (SSSR count). The number of guanidine groups is 1. The number of methoxy groups -OCH3 is 2. The first-order valence-electron chi connectivity index (χ1n) is 6.13. The zero-order chi connectivity index (χ0) is 16.7. The molecule has 22 heavy (non-hydrogen) atoms.